The molecule has 1 aliphatic rings. The molecule has 1 amide bonds. The van der Waals surface area contributed by atoms with Crippen LogP contribution < -0.4 is 22.1 Å². The highest BCUT2D eigenvalue weighted by atomic mass is 16.2. The lowest BCUT2D eigenvalue weighted by molar-refractivity contribution is -0.137. The Morgan fingerprint density at radius 3 is 1.59 bits per heavy atom. The van der Waals surface area contributed by atoms with Crippen molar-refractivity contribution in [3.63, 3.8) is 0 Å². The van der Waals surface area contributed by atoms with Crippen LogP contribution in [0.15, 0.2) is 72.9 Å². The van der Waals surface area contributed by atoms with Crippen molar-refractivity contribution in [1.29, 1.82) is 0 Å². The maximum atomic E-state index is 11.5. The number of nitrogens with two attached hydrogens (primary N) is 2. The molecular weight excluding hydrogens is 789 g/mol. The number of amides is 1. The molecule has 3 rings (SSSR count). The van der Waals surface area contributed by atoms with Crippen molar-refractivity contribution < 1.29 is 28.8 Å². The molecule has 0 bridgehead atoms. The molecule has 6 N–H and O–H groups in total. The number of rotatable bonds is 19. The first kappa shape index (κ1) is 63.0. The Labute approximate surface area is 384 Å². The Morgan fingerprint density at radius 1 is 0.762 bits per heavy atom. The van der Waals surface area contributed by atoms with Crippen LogP contribution in [-0.2, 0) is 35.2 Å². The van der Waals surface area contributed by atoms with Gasteiger partial charge in [-0.15, -0.1) is 0 Å². The van der Waals surface area contributed by atoms with Gasteiger partial charge in [-0.3, -0.25) is 24.0 Å². The third-order valence-corrected chi connectivity index (χ3v) is 11.6. The Morgan fingerprint density at radius 2 is 1.25 bits per heavy atom. The molecule has 63 heavy (non-hydrogen) atoms. The number of primary amides is 1. The summed E-state index contributed by atoms with van der Waals surface area (Å²) < 4.78 is 0. The second kappa shape index (κ2) is 37.1. The highest BCUT2D eigenvalue weighted by molar-refractivity contribution is 6.36. The first-order valence-electron chi connectivity index (χ1n) is 23.3. The topological polar surface area (TPSA) is 179 Å². The van der Waals surface area contributed by atoms with Crippen LogP contribution >= 0.6 is 0 Å². The van der Waals surface area contributed by atoms with Gasteiger partial charge in [0.2, 0.25) is 11.7 Å². The molecule has 0 aliphatic heterocycles. The normalized spacial score (nSPS) is 15.0. The summed E-state index contributed by atoms with van der Waals surface area (Å²) in [4.78, 5) is 64.4. The largest absolute Gasteiger partial charge is 0.374 e. The third kappa shape index (κ3) is 32.1. The summed E-state index contributed by atoms with van der Waals surface area (Å²) in [6.07, 6.45) is 12.9. The third-order valence-electron chi connectivity index (χ3n) is 11.6. The summed E-state index contributed by atoms with van der Waals surface area (Å²) in [6, 6.07) is 20.0. The van der Waals surface area contributed by atoms with Crippen LogP contribution in [0, 0.1) is 23.7 Å². The maximum Gasteiger partial charge on any atom is 0.224 e. The number of ketones is 5. The van der Waals surface area contributed by atoms with E-state index in [4.69, 9.17) is 11.5 Å². The minimum Gasteiger partial charge on any atom is -0.374 e. The zero-order valence-corrected chi connectivity index (χ0v) is 42.0. The molecule has 2 aromatic carbocycles. The average Bonchev–Trinajstić information content (AvgIpc) is 3.26. The van der Waals surface area contributed by atoms with Gasteiger partial charge in [0, 0.05) is 42.3 Å². The van der Waals surface area contributed by atoms with Crippen LogP contribution in [0.4, 0.5) is 0 Å². The van der Waals surface area contributed by atoms with Gasteiger partial charge in [-0.05, 0) is 104 Å². The van der Waals surface area contributed by atoms with Crippen LogP contribution in [0.2, 0.25) is 0 Å². The Kier molecular flexibility index (Phi) is 37.1. The number of hydrogen-bond donors (Lipinski definition) is 4. The molecule has 358 valence electrons. The summed E-state index contributed by atoms with van der Waals surface area (Å²) in [6.45, 7) is 27.6. The lowest BCUT2D eigenvalue weighted by Crippen LogP contribution is -2.46. The predicted molar refractivity (Wildman–Crippen MR) is 264 cm³/mol. The van der Waals surface area contributed by atoms with E-state index in [1.165, 1.54) is 44.6 Å². The van der Waals surface area contributed by atoms with Gasteiger partial charge < -0.3 is 26.9 Å². The van der Waals surface area contributed by atoms with E-state index in [0.717, 1.165) is 49.8 Å². The molecule has 0 heterocycles. The minimum absolute atomic E-state index is 0.0203. The van der Waals surface area contributed by atoms with Crippen molar-refractivity contribution in [2.45, 2.75) is 185 Å². The van der Waals surface area contributed by atoms with Gasteiger partial charge in [-0.2, -0.15) is 0 Å². The molecule has 2 aromatic rings. The molecule has 6 atom stereocenters. The van der Waals surface area contributed by atoms with Crippen molar-refractivity contribution in [2.75, 3.05) is 7.05 Å². The van der Waals surface area contributed by atoms with E-state index in [0.29, 0.717) is 24.0 Å². The van der Waals surface area contributed by atoms with Crippen LogP contribution in [0.5, 0.6) is 0 Å². The number of carbonyl (C=O) groups excluding carboxylic acids is 6. The van der Waals surface area contributed by atoms with Crippen LogP contribution in [0.1, 0.15) is 178 Å². The van der Waals surface area contributed by atoms with Crippen molar-refractivity contribution in [1.82, 2.24) is 10.6 Å². The number of carbonyl (C=O) groups is 6. The lowest BCUT2D eigenvalue weighted by Gasteiger charge is -2.35. The van der Waals surface area contributed by atoms with E-state index in [1.807, 2.05) is 78.1 Å². The molecule has 0 radical (unpaired) electrons. The number of likely N-dealkylation sites (N-methyl/N-ethyl adjacent to an activating group) is 1. The van der Waals surface area contributed by atoms with Crippen LogP contribution in [-0.4, -0.2) is 53.6 Å². The average molecular weight is 879 g/mol. The summed E-state index contributed by atoms with van der Waals surface area (Å²) in [5.41, 5.74) is 13.9. The molecule has 0 saturated heterocycles. The van der Waals surface area contributed by atoms with Crippen molar-refractivity contribution >= 4 is 34.8 Å². The molecule has 1 aliphatic carbocycles. The minimum atomic E-state index is -0.319. The predicted octanol–water partition coefficient (Wildman–Crippen LogP) is 10.7. The second-order valence-corrected chi connectivity index (χ2v) is 17.2. The van der Waals surface area contributed by atoms with Gasteiger partial charge in [0.1, 0.15) is 17.3 Å². The zero-order chi connectivity index (χ0) is 49.1. The van der Waals surface area contributed by atoms with Crippen molar-refractivity contribution in [2.24, 2.45) is 35.1 Å². The van der Waals surface area contributed by atoms with Gasteiger partial charge >= 0.3 is 0 Å². The first-order chi connectivity index (χ1) is 29.5. The quantitative estimate of drug-likeness (QED) is 0.0789. The smallest absolute Gasteiger partial charge is 0.224 e. The van der Waals surface area contributed by atoms with E-state index < -0.39 is 0 Å². The monoisotopic (exact) mass is 879 g/mol. The summed E-state index contributed by atoms with van der Waals surface area (Å²) in [7, 11) is 2.00. The highest BCUT2D eigenvalue weighted by Gasteiger charge is 2.30. The standard InChI is InChI=1S/C16H25NO.C10H18O.C9H11NO.C8H14O2.C6H14N2.C4H8O/c1-5-16(17-4,11-13(2)14(3)18)12-15-9-7-6-8-10-15;1-8(9(2)11)10-6-4-3-5-7-10;1-7(9(10)11)8-5-3-2-4-6-8;1-4-5-6(2)8(10)7(3)9;1-4-6(7)8-5(2)3;1-3-4(2)5/h6-10,13,17H,5,11-12H2,1-4H3;8,10H,3-7H2,1-2H3;2-7H,1H3,(H2,10,11);6H,4-5H2,1-3H3;6,8H,2,4,7H2,1,3H3;3H2,1-2H3. The van der Waals surface area contributed by atoms with E-state index in [1.54, 1.807) is 34.6 Å². The molecule has 10 heteroatoms. The molecule has 0 spiro atoms. The Balaban J connectivity index is -0.000000713. The van der Waals surface area contributed by atoms with E-state index in [-0.39, 0.29) is 58.5 Å². The van der Waals surface area contributed by atoms with Crippen molar-refractivity contribution in [3.05, 3.63) is 84.1 Å². The van der Waals surface area contributed by atoms with Crippen molar-refractivity contribution in [3.8, 4) is 0 Å². The zero-order valence-electron chi connectivity index (χ0n) is 42.0. The number of allylic oxidation sites excluding steroid dienone is 1. The highest BCUT2D eigenvalue weighted by Crippen LogP contribution is 2.30. The molecule has 6 unspecified atom stereocenters. The number of benzene rings is 2. The molecular formula is C53H90N4O6. The molecule has 0 aromatic heterocycles. The number of hydrogen-bond acceptors (Lipinski definition) is 9. The molecule has 1 saturated carbocycles. The second-order valence-electron chi connectivity index (χ2n) is 17.2. The van der Waals surface area contributed by atoms with Gasteiger partial charge in [-0.1, -0.05) is 141 Å². The number of Topliss-reactive ketones (excluding diaryl/α,β-unsaturated/α-hetero) is 5. The van der Waals surface area contributed by atoms with Crippen LogP contribution in [0.25, 0.3) is 0 Å². The summed E-state index contributed by atoms with van der Waals surface area (Å²) in [5, 5.41) is 6.42. The SMILES string of the molecule is C=C(C)NC(N)CC.CC(=O)C(C)C1CCCCC1.CC(C(N)=O)c1ccccc1.CCC(C)=O.CCC(Cc1ccccc1)(CC(C)C(C)=O)NC.CCCC(C)C(=O)C(C)=O. The fourth-order valence-corrected chi connectivity index (χ4v) is 6.63. The molecule has 10 nitrogen and oxygen atoms in total. The fraction of sp³-hybridized carbons (Fsp3) is 0.623. The fourth-order valence-electron chi connectivity index (χ4n) is 6.63. The number of nitrogens with one attached hydrogen (secondary N) is 2. The van der Waals surface area contributed by atoms with Gasteiger partial charge in [0.25, 0.3) is 0 Å². The maximum absolute atomic E-state index is 11.5. The summed E-state index contributed by atoms with van der Waals surface area (Å²) >= 11 is 0. The molecule has 1 fully saturated rings. The van der Waals surface area contributed by atoms with E-state index in [2.05, 4.69) is 55.3 Å². The van der Waals surface area contributed by atoms with Gasteiger partial charge in [0.15, 0.2) is 5.78 Å². The lowest BCUT2D eigenvalue weighted by atomic mass is 9.79. The Hall–Kier alpha value is -4.28. The first-order valence-corrected chi connectivity index (χ1v) is 23.3. The van der Waals surface area contributed by atoms with Crippen LogP contribution in [0.3, 0.4) is 0 Å². The Bertz CT molecular complexity index is 1570. The van der Waals surface area contributed by atoms with Gasteiger partial charge in [-0.25, -0.2) is 0 Å². The van der Waals surface area contributed by atoms with Gasteiger partial charge in [0.05, 0.1) is 12.1 Å². The van der Waals surface area contributed by atoms with E-state index in [9.17, 15) is 28.8 Å². The summed E-state index contributed by atoms with van der Waals surface area (Å²) in [5.74, 6) is 0.924. The van der Waals surface area contributed by atoms with E-state index >= 15 is 0 Å².